The molecule has 1 amide bonds. The Morgan fingerprint density at radius 3 is 2.53 bits per heavy atom. The number of amides is 1. The van der Waals surface area contributed by atoms with Crippen molar-refractivity contribution in [3.63, 3.8) is 0 Å². The average molecular weight is 254 g/mol. The number of halogens is 1. The Bertz CT molecular complexity index is 404. The lowest BCUT2D eigenvalue weighted by atomic mass is 10.1. The minimum Gasteiger partial charge on any atom is -0.396 e. The van der Waals surface area contributed by atoms with Crippen LogP contribution in [0.1, 0.15) is 12.5 Å². The fourth-order valence-corrected chi connectivity index (χ4v) is 2.34. The number of alkyl halides is 1. The quantitative estimate of drug-likeness (QED) is 0.835. The van der Waals surface area contributed by atoms with E-state index in [4.69, 9.17) is 16.7 Å². The number of aryl methyl sites for hydroxylation is 1. The van der Waals surface area contributed by atoms with Crippen LogP contribution in [0.2, 0.25) is 0 Å². The molecule has 1 aromatic rings. The molecule has 0 saturated carbocycles. The van der Waals surface area contributed by atoms with Gasteiger partial charge < -0.3 is 10.0 Å². The third-order valence-electron chi connectivity index (χ3n) is 3.22. The molecular formula is C13H16ClNO2. The molecule has 1 aromatic carbocycles. The molecule has 0 unspecified atom stereocenters. The van der Waals surface area contributed by atoms with E-state index in [-0.39, 0.29) is 18.4 Å². The van der Waals surface area contributed by atoms with E-state index in [9.17, 15) is 4.79 Å². The molecule has 0 aliphatic carbocycles. The third-order valence-corrected chi connectivity index (χ3v) is 3.77. The first-order valence-corrected chi connectivity index (χ1v) is 6.26. The largest absolute Gasteiger partial charge is 0.396 e. The van der Waals surface area contributed by atoms with Gasteiger partial charge in [-0.1, -0.05) is 19.1 Å². The van der Waals surface area contributed by atoms with Gasteiger partial charge in [0.25, 0.3) is 0 Å². The number of carbonyl (C=O) groups excluding carboxylic acids is 1. The van der Waals surface area contributed by atoms with Crippen molar-refractivity contribution < 1.29 is 9.90 Å². The second-order valence-corrected chi connectivity index (χ2v) is 4.78. The van der Waals surface area contributed by atoms with E-state index in [1.165, 1.54) is 5.56 Å². The van der Waals surface area contributed by atoms with Crippen LogP contribution in [0.4, 0.5) is 5.69 Å². The van der Waals surface area contributed by atoms with Gasteiger partial charge in [0.15, 0.2) is 0 Å². The molecule has 1 N–H and O–H groups in total. The summed E-state index contributed by atoms with van der Waals surface area (Å²) in [5.74, 6) is -0.287. The summed E-state index contributed by atoms with van der Waals surface area (Å²) in [5.41, 5.74) is 2.09. The van der Waals surface area contributed by atoms with Crippen LogP contribution in [0.5, 0.6) is 0 Å². The summed E-state index contributed by atoms with van der Waals surface area (Å²) >= 11 is 5.98. The number of aliphatic hydroxyl groups is 1. The van der Waals surface area contributed by atoms with Gasteiger partial charge in [-0.2, -0.15) is 0 Å². The minimum atomic E-state index is -0.606. The number of nitrogens with zero attached hydrogens (tertiary/aromatic N) is 1. The molecule has 3 nitrogen and oxygen atoms in total. The van der Waals surface area contributed by atoms with Gasteiger partial charge in [0.05, 0.1) is 0 Å². The number of carbonyl (C=O) groups is 1. The number of benzene rings is 1. The van der Waals surface area contributed by atoms with Crippen LogP contribution in [-0.4, -0.2) is 29.5 Å². The molecule has 17 heavy (non-hydrogen) atoms. The van der Waals surface area contributed by atoms with Gasteiger partial charge in [0.2, 0.25) is 5.91 Å². The number of rotatable bonds is 3. The fraction of sp³-hybridized carbons (Fsp3) is 0.462. The zero-order valence-electron chi connectivity index (χ0n) is 9.77. The maximum absolute atomic E-state index is 11.9. The molecule has 0 bridgehead atoms. The number of aliphatic hydroxyl groups excluding tert-OH is 1. The van der Waals surface area contributed by atoms with E-state index in [0.717, 1.165) is 12.1 Å². The first-order chi connectivity index (χ1) is 8.17. The Balaban J connectivity index is 2.20. The Morgan fingerprint density at radius 1 is 1.41 bits per heavy atom. The predicted octanol–water partition coefficient (Wildman–Crippen LogP) is 1.81. The standard InChI is InChI=1S/C13H16ClNO2/c1-2-9-3-5-11(6-4-9)15-7-10(8-16)12(14)13(15)17/h3-6,10,12,16H,2,7-8H2,1H3/t10-,12-/m0/s1. The lowest BCUT2D eigenvalue weighted by molar-refractivity contribution is -0.117. The zero-order chi connectivity index (χ0) is 12.4. The van der Waals surface area contributed by atoms with Gasteiger partial charge in [-0.05, 0) is 24.1 Å². The van der Waals surface area contributed by atoms with Crippen molar-refractivity contribution in [3.05, 3.63) is 29.8 Å². The summed E-state index contributed by atoms with van der Waals surface area (Å²) in [7, 11) is 0. The molecule has 1 heterocycles. The second kappa shape index (κ2) is 5.07. The van der Waals surface area contributed by atoms with Crippen molar-refractivity contribution in [3.8, 4) is 0 Å². The Morgan fingerprint density at radius 2 is 2.06 bits per heavy atom. The lowest BCUT2D eigenvalue weighted by Crippen LogP contribution is -2.27. The topological polar surface area (TPSA) is 40.5 Å². The summed E-state index contributed by atoms with van der Waals surface area (Å²) in [6, 6.07) is 7.89. The molecule has 2 rings (SSSR count). The molecular weight excluding hydrogens is 238 g/mol. The second-order valence-electron chi connectivity index (χ2n) is 4.31. The summed E-state index contributed by atoms with van der Waals surface area (Å²) in [6.45, 7) is 2.53. The maximum atomic E-state index is 11.9. The SMILES string of the molecule is CCc1ccc(N2C[C@@H](CO)[C@H](Cl)C2=O)cc1. The summed E-state index contributed by atoms with van der Waals surface area (Å²) < 4.78 is 0. The smallest absolute Gasteiger partial charge is 0.245 e. The highest BCUT2D eigenvalue weighted by molar-refractivity contribution is 6.34. The van der Waals surface area contributed by atoms with Gasteiger partial charge >= 0.3 is 0 Å². The molecule has 1 aliphatic rings. The highest BCUT2D eigenvalue weighted by Gasteiger charge is 2.39. The summed E-state index contributed by atoms with van der Waals surface area (Å²) in [6.07, 6.45) is 0.978. The fourth-order valence-electron chi connectivity index (χ4n) is 2.06. The minimum absolute atomic E-state index is 0.0521. The van der Waals surface area contributed by atoms with Crippen molar-refractivity contribution in [1.82, 2.24) is 0 Å². The number of hydrogen-bond acceptors (Lipinski definition) is 2. The van der Waals surface area contributed by atoms with E-state index < -0.39 is 5.38 Å². The number of anilines is 1. The van der Waals surface area contributed by atoms with Crippen LogP contribution < -0.4 is 4.90 Å². The maximum Gasteiger partial charge on any atom is 0.245 e. The first-order valence-electron chi connectivity index (χ1n) is 5.82. The Hall–Kier alpha value is -1.06. The van der Waals surface area contributed by atoms with Gasteiger partial charge in [0.1, 0.15) is 5.38 Å². The van der Waals surface area contributed by atoms with E-state index >= 15 is 0 Å². The monoisotopic (exact) mass is 253 g/mol. The van der Waals surface area contributed by atoms with Gasteiger partial charge in [-0.25, -0.2) is 0 Å². The van der Waals surface area contributed by atoms with Crippen molar-refractivity contribution >= 4 is 23.2 Å². The summed E-state index contributed by atoms with van der Waals surface area (Å²) in [5, 5.41) is 8.53. The van der Waals surface area contributed by atoms with Crippen molar-refractivity contribution in [1.29, 1.82) is 0 Å². The van der Waals surface area contributed by atoms with Crippen molar-refractivity contribution in [2.24, 2.45) is 5.92 Å². The van der Waals surface area contributed by atoms with E-state index in [0.29, 0.717) is 6.54 Å². The van der Waals surface area contributed by atoms with Crippen LogP contribution in [0.15, 0.2) is 24.3 Å². The molecule has 1 fully saturated rings. The van der Waals surface area contributed by atoms with Crippen LogP contribution in [-0.2, 0) is 11.2 Å². The Kier molecular flexibility index (Phi) is 3.69. The third kappa shape index (κ3) is 2.31. The van der Waals surface area contributed by atoms with Gasteiger partial charge in [-0.15, -0.1) is 11.6 Å². The van der Waals surface area contributed by atoms with E-state index in [1.807, 2.05) is 24.3 Å². The Labute approximate surface area is 106 Å². The molecule has 0 spiro atoms. The molecule has 0 aromatic heterocycles. The van der Waals surface area contributed by atoms with Gasteiger partial charge in [0, 0.05) is 24.8 Å². The predicted molar refractivity (Wildman–Crippen MR) is 68.4 cm³/mol. The molecule has 92 valence electrons. The van der Waals surface area contributed by atoms with Gasteiger partial charge in [-0.3, -0.25) is 4.79 Å². The zero-order valence-corrected chi connectivity index (χ0v) is 10.5. The van der Waals surface area contributed by atoms with Crippen LogP contribution in [0.3, 0.4) is 0 Å². The van der Waals surface area contributed by atoms with Crippen molar-refractivity contribution in [2.45, 2.75) is 18.7 Å². The van der Waals surface area contributed by atoms with E-state index in [2.05, 4.69) is 6.92 Å². The molecule has 4 heteroatoms. The first kappa shape index (κ1) is 12.4. The van der Waals surface area contributed by atoms with Crippen LogP contribution in [0.25, 0.3) is 0 Å². The molecule has 0 radical (unpaired) electrons. The van der Waals surface area contributed by atoms with Crippen molar-refractivity contribution in [2.75, 3.05) is 18.1 Å². The van der Waals surface area contributed by atoms with E-state index in [1.54, 1.807) is 4.90 Å². The van der Waals surface area contributed by atoms with Crippen LogP contribution >= 0.6 is 11.6 Å². The molecule has 1 saturated heterocycles. The lowest BCUT2D eigenvalue weighted by Gasteiger charge is -2.16. The normalized spacial score (nSPS) is 24.4. The highest BCUT2D eigenvalue weighted by atomic mass is 35.5. The molecule has 2 atom stereocenters. The highest BCUT2D eigenvalue weighted by Crippen LogP contribution is 2.28. The van der Waals surface area contributed by atoms with Crippen LogP contribution in [0, 0.1) is 5.92 Å². The number of hydrogen-bond donors (Lipinski definition) is 1. The average Bonchev–Trinajstić information content (AvgIpc) is 2.66. The molecule has 1 aliphatic heterocycles. The summed E-state index contributed by atoms with van der Waals surface area (Å²) in [4.78, 5) is 13.6.